The molecule has 0 radical (unpaired) electrons. The molecule has 38 heavy (non-hydrogen) atoms. The van der Waals surface area contributed by atoms with Crippen molar-refractivity contribution in [1.82, 2.24) is 14.9 Å². The van der Waals surface area contributed by atoms with Crippen LogP contribution < -0.4 is 15.6 Å². The Hall–Kier alpha value is -3.65. The molecule has 1 saturated heterocycles. The number of aromatic nitrogens is 2. The average molecular weight is 542 g/mol. The lowest BCUT2D eigenvalue weighted by Crippen LogP contribution is -2.48. The summed E-state index contributed by atoms with van der Waals surface area (Å²) >= 11 is 0. The fourth-order valence-corrected chi connectivity index (χ4v) is 4.54. The van der Waals surface area contributed by atoms with Crippen molar-refractivity contribution in [3.05, 3.63) is 63.7 Å². The third kappa shape index (κ3) is 4.69. The van der Waals surface area contributed by atoms with Crippen LogP contribution in [0.1, 0.15) is 23.2 Å². The molecule has 14 heteroatoms. The summed E-state index contributed by atoms with van der Waals surface area (Å²) in [5.74, 6) is -6.28. The Bertz CT molecular complexity index is 1460. The van der Waals surface area contributed by atoms with Gasteiger partial charge in [-0.25, -0.2) is 18.2 Å². The van der Waals surface area contributed by atoms with Gasteiger partial charge in [-0.1, -0.05) is 0 Å². The number of hydrogen-bond donors (Lipinski definition) is 3. The molecule has 202 valence electrons. The molecule has 3 N–H and O–H groups in total. The maximum atomic E-state index is 14.8. The van der Waals surface area contributed by atoms with Crippen molar-refractivity contribution in [2.75, 3.05) is 18.0 Å². The van der Waals surface area contributed by atoms with Gasteiger partial charge in [0.05, 0.1) is 17.6 Å². The molecule has 1 aliphatic heterocycles. The Kier molecular flexibility index (Phi) is 6.34. The van der Waals surface area contributed by atoms with Gasteiger partial charge < -0.3 is 20.4 Å². The number of nitrogens with one attached hydrogen (secondary N) is 1. The van der Waals surface area contributed by atoms with Gasteiger partial charge in [-0.2, -0.15) is 13.2 Å². The predicted octanol–water partition coefficient (Wildman–Crippen LogP) is 2.42. The van der Waals surface area contributed by atoms with Gasteiger partial charge in [-0.3, -0.25) is 14.2 Å². The minimum Gasteiger partial charge on any atom is -0.389 e. The molecule has 1 aromatic carbocycles. The molecule has 3 heterocycles. The number of fused-ring (bicyclic) bond motifs is 1. The Labute approximate surface area is 210 Å². The molecule has 3 atom stereocenters. The molecule has 1 aliphatic carbocycles. The first-order valence-corrected chi connectivity index (χ1v) is 11.5. The van der Waals surface area contributed by atoms with Gasteiger partial charge in [0, 0.05) is 31.4 Å². The van der Waals surface area contributed by atoms with Crippen LogP contribution in [0.25, 0.3) is 16.7 Å². The molecule has 2 aliphatic rings. The zero-order chi connectivity index (χ0) is 27.5. The van der Waals surface area contributed by atoms with Crippen LogP contribution in [-0.4, -0.2) is 63.2 Å². The molecule has 2 fully saturated rings. The largest absolute Gasteiger partial charge is 0.408 e. The van der Waals surface area contributed by atoms with Gasteiger partial charge in [-0.15, -0.1) is 0 Å². The number of benzene rings is 1. The molecule has 3 aromatic rings. The van der Waals surface area contributed by atoms with Crippen LogP contribution in [0.2, 0.25) is 0 Å². The van der Waals surface area contributed by atoms with Crippen molar-refractivity contribution >= 4 is 22.8 Å². The van der Waals surface area contributed by atoms with Crippen LogP contribution in [0, 0.1) is 23.4 Å². The molecular formula is C24H20F6N4O4. The smallest absolute Gasteiger partial charge is 0.389 e. The second-order valence-electron chi connectivity index (χ2n) is 9.37. The van der Waals surface area contributed by atoms with Crippen molar-refractivity contribution in [3.63, 3.8) is 0 Å². The minimum absolute atomic E-state index is 0.0519. The summed E-state index contributed by atoms with van der Waals surface area (Å²) in [6.07, 6.45) is -5.90. The zero-order valence-corrected chi connectivity index (χ0v) is 19.3. The molecule has 3 unspecified atom stereocenters. The lowest BCUT2D eigenvalue weighted by atomic mass is 10.1. The summed E-state index contributed by atoms with van der Waals surface area (Å²) < 4.78 is 84.4. The highest BCUT2D eigenvalue weighted by Crippen LogP contribution is 2.40. The van der Waals surface area contributed by atoms with Crippen molar-refractivity contribution in [2.24, 2.45) is 5.92 Å². The van der Waals surface area contributed by atoms with Crippen LogP contribution in [0.5, 0.6) is 0 Å². The van der Waals surface area contributed by atoms with Crippen LogP contribution in [0.4, 0.5) is 32.2 Å². The van der Waals surface area contributed by atoms with Crippen molar-refractivity contribution in [2.45, 2.75) is 37.3 Å². The topological polar surface area (TPSA) is 108 Å². The van der Waals surface area contributed by atoms with E-state index in [1.54, 1.807) is 0 Å². The number of nitrogens with zero attached hydrogens (tertiary/aromatic N) is 3. The van der Waals surface area contributed by atoms with Crippen LogP contribution >= 0.6 is 0 Å². The highest BCUT2D eigenvalue weighted by Gasteiger charge is 2.50. The fourth-order valence-electron chi connectivity index (χ4n) is 4.54. The molecule has 2 aromatic heterocycles. The third-order valence-electron chi connectivity index (χ3n) is 6.62. The number of halogens is 6. The van der Waals surface area contributed by atoms with E-state index in [0.29, 0.717) is 22.9 Å². The monoisotopic (exact) mass is 542 g/mol. The number of pyridine rings is 2. The SMILES string of the molecule is O=C(NC(C1CC1)C(F)(F)F)c1cn(-c2c(F)cc(F)cc2F)c2nc(N3CC(O)C(O)C3)ccc2c1=O. The normalized spacial score (nSPS) is 20.7. The number of aliphatic hydroxyl groups is 2. The van der Waals surface area contributed by atoms with Crippen molar-refractivity contribution < 1.29 is 41.4 Å². The van der Waals surface area contributed by atoms with E-state index in [0.717, 1.165) is 6.07 Å². The first-order valence-electron chi connectivity index (χ1n) is 11.5. The average Bonchev–Trinajstić information content (AvgIpc) is 3.61. The highest BCUT2D eigenvalue weighted by molar-refractivity contribution is 5.97. The van der Waals surface area contributed by atoms with Gasteiger partial charge in [-0.05, 0) is 30.9 Å². The quantitative estimate of drug-likeness (QED) is 0.428. The van der Waals surface area contributed by atoms with Gasteiger partial charge in [0.1, 0.15) is 28.9 Å². The Morgan fingerprint density at radius 2 is 1.66 bits per heavy atom. The van der Waals surface area contributed by atoms with E-state index in [4.69, 9.17) is 0 Å². The Morgan fingerprint density at radius 3 is 2.21 bits per heavy atom. The second-order valence-corrected chi connectivity index (χ2v) is 9.37. The second kappa shape index (κ2) is 9.27. The first-order chi connectivity index (χ1) is 17.8. The first kappa shape index (κ1) is 26.0. The number of hydrogen-bond acceptors (Lipinski definition) is 6. The van der Waals surface area contributed by atoms with E-state index in [1.165, 1.54) is 11.0 Å². The number of alkyl halides is 3. The molecule has 1 saturated carbocycles. The van der Waals surface area contributed by atoms with Gasteiger partial charge in [0.2, 0.25) is 5.43 Å². The van der Waals surface area contributed by atoms with Crippen LogP contribution in [0.15, 0.2) is 35.3 Å². The number of amides is 1. The van der Waals surface area contributed by atoms with Gasteiger partial charge >= 0.3 is 6.18 Å². The summed E-state index contributed by atoms with van der Waals surface area (Å²) in [4.78, 5) is 31.8. The summed E-state index contributed by atoms with van der Waals surface area (Å²) in [6, 6.07) is 0.941. The van der Waals surface area contributed by atoms with Crippen LogP contribution in [0.3, 0.4) is 0 Å². The summed E-state index contributed by atoms with van der Waals surface area (Å²) in [5, 5.41) is 21.2. The van der Waals surface area contributed by atoms with Crippen LogP contribution in [-0.2, 0) is 0 Å². The lowest BCUT2D eigenvalue weighted by molar-refractivity contribution is -0.158. The molecule has 0 bridgehead atoms. The fraction of sp³-hybridized carbons (Fsp3) is 0.375. The number of β-amino-alcohol motifs (C(OH)–C–C–N with tert-alkyl or cyclic N) is 2. The van der Waals surface area contributed by atoms with E-state index >= 15 is 0 Å². The summed E-state index contributed by atoms with van der Waals surface area (Å²) in [5.41, 5.74) is -3.20. The number of anilines is 1. The Balaban J connectivity index is 1.68. The summed E-state index contributed by atoms with van der Waals surface area (Å²) in [6.45, 7) is -0.104. The Morgan fingerprint density at radius 1 is 1.05 bits per heavy atom. The highest BCUT2D eigenvalue weighted by atomic mass is 19.4. The number of aliphatic hydroxyl groups excluding tert-OH is 2. The van der Waals surface area contributed by atoms with E-state index < -0.39 is 70.4 Å². The van der Waals surface area contributed by atoms with Gasteiger partial charge in [0.25, 0.3) is 5.91 Å². The molecule has 5 rings (SSSR count). The number of carbonyl (C=O) groups excluding carboxylic acids is 1. The summed E-state index contributed by atoms with van der Waals surface area (Å²) in [7, 11) is 0. The van der Waals surface area contributed by atoms with E-state index in [1.807, 2.05) is 5.32 Å². The minimum atomic E-state index is -4.79. The van der Waals surface area contributed by atoms with E-state index in [-0.39, 0.29) is 42.8 Å². The number of carbonyl (C=O) groups is 1. The molecule has 0 spiro atoms. The molecule has 1 amide bonds. The number of rotatable bonds is 5. The van der Waals surface area contributed by atoms with E-state index in [9.17, 15) is 46.1 Å². The zero-order valence-electron chi connectivity index (χ0n) is 19.3. The van der Waals surface area contributed by atoms with Crippen molar-refractivity contribution in [3.8, 4) is 5.69 Å². The van der Waals surface area contributed by atoms with Crippen molar-refractivity contribution in [1.29, 1.82) is 0 Å². The standard InChI is InChI=1S/C24H20F6N4O4/c25-11-5-14(26)19(15(27)6-11)34-7-13(23(38)32-21(10-1-2-10)24(28,29)30)20(37)12-3-4-18(31-22(12)34)33-8-16(35)17(36)9-33/h3-7,10,16-17,21,35-36H,1-2,8-9H2,(H,32,38). The maximum absolute atomic E-state index is 14.8. The molecule has 8 nitrogen and oxygen atoms in total. The molecular weight excluding hydrogens is 522 g/mol. The third-order valence-corrected chi connectivity index (χ3v) is 6.62. The van der Waals surface area contributed by atoms with Gasteiger partial charge in [0.15, 0.2) is 17.3 Å². The van der Waals surface area contributed by atoms with E-state index in [2.05, 4.69) is 4.98 Å². The lowest BCUT2D eigenvalue weighted by Gasteiger charge is -2.22. The maximum Gasteiger partial charge on any atom is 0.408 e. The predicted molar refractivity (Wildman–Crippen MR) is 121 cm³/mol.